The molecule has 6 nitrogen and oxygen atoms in total. The summed E-state index contributed by atoms with van der Waals surface area (Å²) in [4.78, 5) is 25.5. The van der Waals surface area contributed by atoms with Crippen LogP contribution in [-0.2, 0) is 0 Å². The van der Waals surface area contributed by atoms with Crippen molar-refractivity contribution in [2.24, 2.45) is 0 Å². The fraction of sp³-hybridized carbons (Fsp3) is 0.133. The summed E-state index contributed by atoms with van der Waals surface area (Å²) in [6.07, 6.45) is 6.83. The lowest BCUT2D eigenvalue weighted by Crippen LogP contribution is -2.12. The van der Waals surface area contributed by atoms with E-state index in [9.17, 15) is 9.59 Å². The zero-order valence-electron chi connectivity index (χ0n) is 20.5. The number of ketones is 1. The number of ether oxygens (including phenoxy) is 3. The first-order valence-electron chi connectivity index (χ1n) is 11.3. The summed E-state index contributed by atoms with van der Waals surface area (Å²) in [6.45, 7) is 1.93. The number of hydrogen-bond acceptors (Lipinski definition) is 6. The van der Waals surface area contributed by atoms with Gasteiger partial charge in [-0.2, -0.15) is 0 Å². The molecule has 0 spiro atoms. The molecule has 0 aliphatic carbocycles. The van der Waals surface area contributed by atoms with Gasteiger partial charge in [-0.05, 0) is 66.6 Å². The number of hydrogen-bond donors (Lipinski definition) is 0. The zero-order valence-corrected chi connectivity index (χ0v) is 20.5. The molecule has 0 unspecified atom stereocenters. The number of carbonyl (C=O) groups is 1. The minimum Gasteiger partial charge on any atom is -0.497 e. The van der Waals surface area contributed by atoms with Crippen LogP contribution in [0.1, 0.15) is 32.6 Å². The predicted molar refractivity (Wildman–Crippen MR) is 142 cm³/mol. The lowest BCUT2D eigenvalue weighted by atomic mass is 10.0. The Morgan fingerprint density at radius 1 is 0.806 bits per heavy atom. The van der Waals surface area contributed by atoms with E-state index in [1.54, 1.807) is 45.6 Å². The Labute approximate surface area is 209 Å². The molecular formula is C30H26O6. The lowest BCUT2D eigenvalue weighted by molar-refractivity contribution is 0.104. The van der Waals surface area contributed by atoms with Gasteiger partial charge in [-0.1, -0.05) is 35.9 Å². The monoisotopic (exact) mass is 482 g/mol. The molecule has 0 aliphatic rings. The Balaban J connectivity index is 1.72. The van der Waals surface area contributed by atoms with Gasteiger partial charge in [-0.15, -0.1) is 0 Å². The Morgan fingerprint density at radius 3 is 2.25 bits per heavy atom. The second-order valence-electron chi connectivity index (χ2n) is 8.13. The molecular weight excluding hydrogens is 456 g/mol. The molecule has 0 atom stereocenters. The molecule has 182 valence electrons. The average molecular weight is 483 g/mol. The molecule has 36 heavy (non-hydrogen) atoms. The highest BCUT2D eigenvalue weighted by Crippen LogP contribution is 2.31. The van der Waals surface area contributed by atoms with Crippen molar-refractivity contribution in [2.75, 3.05) is 21.3 Å². The van der Waals surface area contributed by atoms with Crippen LogP contribution in [0.3, 0.4) is 0 Å². The maximum Gasteiger partial charge on any atom is 0.347 e. The zero-order chi connectivity index (χ0) is 25.7. The molecule has 0 amide bonds. The third-order valence-corrected chi connectivity index (χ3v) is 5.73. The Kier molecular flexibility index (Phi) is 7.35. The summed E-state index contributed by atoms with van der Waals surface area (Å²) in [5.74, 6) is 1.44. The van der Waals surface area contributed by atoms with Crippen LogP contribution in [0.2, 0.25) is 0 Å². The maximum atomic E-state index is 13.0. The summed E-state index contributed by atoms with van der Waals surface area (Å²) in [7, 11) is 4.74. The first-order valence-corrected chi connectivity index (χ1v) is 11.3. The number of rotatable bonds is 8. The van der Waals surface area contributed by atoms with E-state index in [2.05, 4.69) is 0 Å². The number of allylic oxidation sites excluding steroid dienone is 1. The molecule has 0 saturated heterocycles. The van der Waals surface area contributed by atoms with Crippen molar-refractivity contribution in [1.82, 2.24) is 0 Å². The Morgan fingerprint density at radius 2 is 1.56 bits per heavy atom. The molecule has 4 aromatic rings. The van der Waals surface area contributed by atoms with Gasteiger partial charge in [-0.3, -0.25) is 4.79 Å². The number of aryl methyl sites for hydroxylation is 1. The van der Waals surface area contributed by atoms with Crippen LogP contribution in [0.25, 0.3) is 29.2 Å². The van der Waals surface area contributed by atoms with Crippen LogP contribution in [0.5, 0.6) is 17.2 Å². The van der Waals surface area contributed by atoms with Crippen molar-refractivity contribution in [3.63, 3.8) is 0 Å². The molecule has 0 fully saturated rings. The minimum absolute atomic E-state index is 0.0350. The van der Waals surface area contributed by atoms with E-state index in [-0.39, 0.29) is 5.56 Å². The van der Waals surface area contributed by atoms with Crippen LogP contribution in [0.15, 0.2) is 76.0 Å². The number of fused-ring (bicyclic) bond motifs is 1. The third-order valence-electron chi connectivity index (χ3n) is 5.73. The summed E-state index contributed by atoms with van der Waals surface area (Å²) >= 11 is 0. The predicted octanol–water partition coefficient (Wildman–Crippen LogP) is 6.19. The average Bonchev–Trinajstić information content (AvgIpc) is 2.90. The molecule has 6 heteroatoms. The molecule has 1 aromatic heterocycles. The van der Waals surface area contributed by atoms with Gasteiger partial charge >= 0.3 is 5.63 Å². The van der Waals surface area contributed by atoms with Gasteiger partial charge in [-0.25, -0.2) is 4.79 Å². The summed E-state index contributed by atoms with van der Waals surface area (Å²) < 4.78 is 21.6. The molecule has 0 bridgehead atoms. The van der Waals surface area contributed by atoms with Gasteiger partial charge in [0.05, 0.1) is 21.3 Å². The van der Waals surface area contributed by atoms with Crippen LogP contribution in [0.4, 0.5) is 0 Å². The normalized spacial score (nSPS) is 11.3. The highest BCUT2D eigenvalue weighted by molar-refractivity contribution is 6.08. The van der Waals surface area contributed by atoms with Crippen molar-refractivity contribution in [1.29, 1.82) is 0 Å². The fourth-order valence-electron chi connectivity index (χ4n) is 3.79. The van der Waals surface area contributed by atoms with Gasteiger partial charge < -0.3 is 18.6 Å². The van der Waals surface area contributed by atoms with Crippen LogP contribution < -0.4 is 19.8 Å². The highest BCUT2D eigenvalue weighted by Gasteiger charge is 2.13. The molecule has 0 aliphatic heterocycles. The Hall–Kier alpha value is -4.58. The van der Waals surface area contributed by atoms with Crippen molar-refractivity contribution in [3.05, 3.63) is 105 Å². The second kappa shape index (κ2) is 10.8. The van der Waals surface area contributed by atoms with E-state index in [1.807, 2.05) is 61.5 Å². The number of methoxy groups -OCH3 is 3. The quantitative estimate of drug-likeness (QED) is 0.129. The SMILES string of the molecule is COc1ccc(/C=C/c2cc(OC)cc(OC)c2/C=C/C(=O)c2cc3cc(C)ccc3oc2=O)cc1. The van der Waals surface area contributed by atoms with Crippen molar-refractivity contribution in [2.45, 2.75) is 6.92 Å². The van der Waals surface area contributed by atoms with Crippen molar-refractivity contribution >= 4 is 35.0 Å². The standard InChI is InChI=1S/C30H26O6/c1-19-5-14-28-22(15-19)17-26(30(32)36-28)27(31)13-12-25-21(16-24(34-3)18-29(25)35-4)9-6-20-7-10-23(33-2)11-8-20/h5-18H,1-4H3/b9-6+,13-12+. The fourth-order valence-corrected chi connectivity index (χ4v) is 3.79. The van der Waals surface area contributed by atoms with Gasteiger partial charge in [0.2, 0.25) is 0 Å². The largest absolute Gasteiger partial charge is 0.497 e. The number of benzene rings is 3. The summed E-state index contributed by atoms with van der Waals surface area (Å²) in [6, 6.07) is 18.2. The van der Waals surface area contributed by atoms with Gasteiger partial charge in [0.15, 0.2) is 5.78 Å². The molecule has 3 aromatic carbocycles. The minimum atomic E-state index is -0.678. The van der Waals surface area contributed by atoms with E-state index in [0.29, 0.717) is 28.0 Å². The summed E-state index contributed by atoms with van der Waals surface area (Å²) in [5, 5.41) is 0.691. The first kappa shape index (κ1) is 24.5. The molecule has 1 heterocycles. The van der Waals surface area contributed by atoms with Crippen molar-refractivity contribution < 1.29 is 23.4 Å². The highest BCUT2D eigenvalue weighted by atomic mass is 16.5. The molecule has 4 rings (SSSR count). The smallest absolute Gasteiger partial charge is 0.347 e. The third kappa shape index (κ3) is 5.39. The lowest BCUT2D eigenvalue weighted by Gasteiger charge is -2.11. The van der Waals surface area contributed by atoms with Gasteiger partial charge in [0.1, 0.15) is 28.4 Å². The first-order chi connectivity index (χ1) is 17.4. The van der Waals surface area contributed by atoms with E-state index in [1.165, 1.54) is 6.08 Å². The van der Waals surface area contributed by atoms with E-state index < -0.39 is 11.4 Å². The number of carbonyl (C=O) groups excluding carboxylic acids is 1. The molecule has 0 saturated carbocycles. The second-order valence-corrected chi connectivity index (χ2v) is 8.13. The van der Waals surface area contributed by atoms with E-state index in [0.717, 1.165) is 22.4 Å². The van der Waals surface area contributed by atoms with Crippen LogP contribution in [-0.4, -0.2) is 27.1 Å². The van der Waals surface area contributed by atoms with E-state index in [4.69, 9.17) is 18.6 Å². The Bertz CT molecular complexity index is 1520. The summed E-state index contributed by atoms with van der Waals surface area (Å²) in [5.41, 5.74) is 3.13. The maximum absolute atomic E-state index is 13.0. The molecule has 0 N–H and O–H groups in total. The van der Waals surface area contributed by atoms with Crippen LogP contribution >= 0.6 is 0 Å². The van der Waals surface area contributed by atoms with E-state index >= 15 is 0 Å². The topological polar surface area (TPSA) is 75.0 Å². The van der Waals surface area contributed by atoms with Gasteiger partial charge in [0.25, 0.3) is 0 Å². The molecule has 0 radical (unpaired) electrons. The van der Waals surface area contributed by atoms with Gasteiger partial charge in [0, 0.05) is 17.0 Å². The van der Waals surface area contributed by atoms with Crippen LogP contribution in [0, 0.1) is 6.92 Å². The van der Waals surface area contributed by atoms with Crippen molar-refractivity contribution in [3.8, 4) is 17.2 Å².